The van der Waals surface area contributed by atoms with Gasteiger partial charge in [-0.3, -0.25) is 4.79 Å². The van der Waals surface area contributed by atoms with Gasteiger partial charge in [-0.05, 0) is 42.8 Å². The lowest BCUT2D eigenvalue weighted by molar-refractivity contribution is -0.124. The molecule has 0 spiro atoms. The second kappa shape index (κ2) is 7.88. The average Bonchev–Trinajstić information content (AvgIpc) is 3.04. The first-order chi connectivity index (χ1) is 13.0. The van der Waals surface area contributed by atoms with Crippen molar-refractivity contribution in [3.63, 3.8) is 0 Å². The topological polar surface area (TPSA) is 119 Å². The van der Waals surface area contributed by atoms with Crippen LogP contribution in [-0.4, -0.2) is 39.6 Å². The molecule has 0 bridgehead atoms. The van der Waals surface area contributed by atoms with Crippen molar-refractivity contribution in [3.8, 4) is 5.69 Å². The molecule has 8 nitrogen and oxygen atoms in total. The Labute approximate surface area is 155 Å². The summed E-state index contributed by atoms with van der Waals surface area (Å²) in [6, 6.07) is 13.2. The summed E-state index contributed by atoms with van der Waals surface area (Å²) in [7, 11) is 0. The summed E-state index contributed by atoms with van der Waals surface area (Å²) in [4.78, 5) is 23.3. The fraction of sp³-hybridized carbons (Fsp3) is 0.211. The maximum absolute atomic E-state index is 12.3. The Morgan fingerprint density at radius 2 is 2.11 bits per heavy atom. The SMILES string of the molecule is Cc1cccc(-n2ncc3ccc(NC(=O)[C@H](CCO)OC(N)=O)cc32)c1. The highest BCUT2D eigenvalue weighted by Crippen LogP contribution is 2.23. The first-order valence-electron chi connectivity index (χ1n) is 8.40. The van der Waals surface area contributed by atoms with Gasteiger partial charge in [-0.15, -0.1) is 0 Å². The third-order valence-corrected chi connectivity index (χ3v) is 4.03. The molecule has 1 heterocycles. The molecule has 140 valence electrons. The number of nitrogens with zero attached hydrogens (tertiary/aromatic N) is 2. The normalized spacial score (nSPS) is 11.9. The van der Waals surface area contributed by atoms with Crippen LogP contribution in [-0.2, 0) is 9.53 Å². The zero-order valence-electron chi connectivity index (χ0n) is 14.8. The first kappa shape index (κ1) is 18.4. The Morgan fingerprint density at radius 3 is 2.81 bits per heavy atom. The van der Waals surface area contributed by atoms with Gasteiger partial charge in [-0.1, -0.05) is 12.1 Å². The van der Waals surface area contributed by atoms with Crippen LogP contribution in [0.4, 0.5) is 10.5 Å². The van der Waals surface area contributed by atoms with Crippen molar-refractivity contribution >= 4 is 28.6 Å². The fourth-order valence-electron chi connectivity index (χ4n) is 2.79. The van der Waals surface area contributed by atoms with Crippen LogP contribution in [0.5, 0.6) is 0 Å². The highest BCUT2D eigenvalue weighted by molar-refractivity contribution is 5.97. The number of ether oxygens (including phenoxy) is 1. The summed E-state index contributed by atoms with van der Waals surface area (Å²) < 4.78 is 6.53. The minimum Gasteiger partial charge on any atom is -0.436 e. The molecule has 2 amide bonds. The molecular formula is C19H20N4O4. The van der Waals surface area contributed by atoms with Gasteiger partial charge in [-0.2, -0.15) is 5.10 Å². The number of carbonyl (C=O) groups is 2. The number of anilines is 1. The van der Waals surface area contributed by atoms with Crippen LogP contribution in [0, 0.1) is 6.92 Å². The zero-order valence-corrected chi connectivity index (χ0v) is 14.8. The Bertz CT molecular complexity index is 983. The highest BCUT2D eigenvalue weighted by Gasteiger charge is 2.21. The molecule has 0 aliphatic heterocycles. The number of hydrogen-bond donors (Lipinski definition) is 3. The number of aromatic nitrogens is 2. The van der Waals surface area contributed by atoms with Crippen molar-refractivity contribution < 1.29 is 19.4 Å². The summed E-state index contributed by atoms with van der Waals surface area (Å²) in [5, 5.41) is 17.0. The lowest BCUT2D eigenvalue weighted by Gasteiger charge is -2.15. The van der Waals surface area contributed by atoms with Crippen molar-refractivity contribution in [2.45, 2.75) is 19.4 Å². The van der Waals surface area contributed by atoms with Crippen molar-refractivity contribution in [1.82, 2.24) is 9.78 Å². The minimum absolute atomic E-state index is 0.0434. The Hall–Kier alpha value is -3.39. The second-order valence-electron chi connectivity index (χ2n) is 6.10. The number of aliphatic hydroxyl groups excluding tert-OH is 1. The van der Waals surface area contributed by atoms with Crippen molar-refractivity contribution in [1.29, 1.82) is 0 Å². The number of aliphatic hydroxyl groups is 1. The largest absolute Gasteiger partial charge is 0.436 e. The van der Waals surface area contributed by atoms with Gasteiger partial charge in [-0.25, -0.2) is 9.48 Å². The Morgan fingerprint density at radius 1 is 1.30 bits per heavy atom. The van der Waals surface area contributed by atoms with Gasteiger partial charge in [0.15, 0.2) is 6.10 Å². The van der Waals surface area contributed by atoms with E-state index in [1.165, 1.54) is 0 Å². The minimum atomic E-state index is -1.16. The van der Waals surface area contributed by atoms with Crippen LogP contribution >= 0.6 is 0 Å². The number of amides is 2. The van der Waals surface area contributed by atoms with Gasteiger partial charge in [0.1, 0.15) is 0 Å². The van der Waals surface area contributed by atoms with E-state index in [1.54, 1.807) is 23.0 Å². The quantitative estimate of drug-likeness (QED) is 0.616. The molecule has 0 radical (unpaired) electrons. The number of carbonyl (C=O) groups excluding carboxylic acids is 2. The highest BCUT2D eigenvalue weighted by atomic mass is 16.6. The molecule has 0 aliphatic carbocycles. The van der Waals surface area contributed by atoms with Crippen LogP contribution in [0.3, 0.4) is 0 Å². The van der Waals surface area contributed by atoms with Gasteiger partial charge in [0.2, 0.25) is 0 Å². The van der Waals surface area contributed by atoms with Crippen LogP contribution in [0.1, 0.15) is 12.0 Å². The van der Waals surface area contributed by atoms with E-state index in [1.807, 2.05) is 37.3 Å². The molecule has 8 heteroatoms. The maximum atomic E-state index is 12.3. The van der Waals surface area contributed by atoms with E-state index in [0.717, 1.165) is 22.2 Å². The van der Waals surface area contributed by atoms with Gasteiger partial charge < -0.3 is 20.9 Å². The van der Waals surface area contributed by atoms with Crippen LogP contribution in [0.2, 0.25) is 0 Å². The molecule has 2 aromatic carbocycles. The number of hydrogen-bond acceptors (Lipinski definition) is 5. The predicted molar refractivity (Wildman–Crippen MR) is 101 cm³/mol. The Kier molecular flexibility index (Phi) is 5.37. The second-order valence-corrected chi connectivity index (χ2v) is 6.10. The van der Waals surface area contributed by atoms with Crippen molar-refractivity contribution in [3.05, 3.63) is 54.2 Å². The van der Waals surface area contributed by atoms with E-state index >= 15 is 0 Å². The van der Waals surface area contributed by atoms with E-state index in [2.05, 4.69) is 10.4 Å². The van der Waals surface area contributed by atoms with Gasteiger partial charge in [0, 0.05) is 24.1 Å². The molecule has 1 aromatic heterocycles. The van der Waals surface area contributed by atoms with E-state index < -0.39 is 18.1 Å². The maximum Gasteiger partial charge on any atom is 0.405 e. The van der Waals surface area contributed by atoms with Crippen LogP contribution < -0.4 is 11.1 Å². The number of rotatable bonds is 6. The smallest absolute Gasteiger partial charge is 0.405 e. The molecule has 0 fully saturated rings. The molecule has 27 heavy (non-hydrogen) atoms. The number of nitrogens with one attached hydrogen (secondary N) is 1. The summed E-state index contributed by atoms with van der Waals surface area (Å²) in [6.07, 6.45) is -0.534. The zero-order chi connectivity index (χ0) is 19.4. The molecule has 0 unspecified atom stereocenters. The monoisotopic (exact) mass is 368 g/mol. The van der Waals surface area contributed by atoms with E-state index in [0.29, 0.717) is 5.69 Å². The first-order valence-corrected chi connectivity index (χ1v) is 8.40. The van der Waals surface area contributed by atoms with E-state index in [-0.39, 0.29) is 13.0 Å². The summed E-state index contributed by atoms with van der Waals surface area (Å²) in [5.41, 5.74) is 8.32. The number of benzene rings is 2. The molecule has 0 saturated carbocycles. The van der Waals surface area contributed by atoms with Crippen LogP contribution in [0.15, 0.2) is 48.7 Å². The number of nitrogens with two attached hydrogens (primary N) is 1. The number of fused-ring (bicyclic) bond motifs is 1. The summed E-state index contributed by atoms with van der Waals surface area (Å²) >= 11 is 0. The number of aryl methyl sites for hydroxylation is 1. The van der Waals surface area contributed by atoms with Crippen molar-refractivity contribution in [2.75, 3.05) is 11.9 Å². The molecule has 4 N–H and O–H groups in total. The van der Waals surface area contributed by atoms with E-state index in [4.69, 9.17) is 15.6 Å². The van der Waals surface area contributed by atoms with Crippen LogP contribution in [0.25, 0.3) is 16.6 Å². The van der Waals surface area contributed by atoms with Gasteiger partial charge in [0.05, 0.1) is 17.4 Å². The molecule has 0 saturated heterocycles. The van der Waals surface area contributed by atoms with Gasteiger partial charge >= 0.3 is 6.09 Å². The number of primary amides is 1. The van der Waals surface area contributed by atoms with E-state index in [9.17, 15) is 9.59 Å². The summed E-state index contributed by atoms with van der Waals surface area (Å²) in [5.74, 6) is -0.566. The fourth-order valence-corrected chi connectivity index (χ4v) is 2.79. The molecule has 0 aliphatic rings. The summed E-state index contributed by atoms with van der Waals surface area (Å²) in [6.45, 7) is 1.69. The standard InChI is InChI=1S/C19H20N4O4/c1-12-3-2-4-15(9-12)23-16-10-14(6-5-13(16)11-21-23)22-18(25)17(7-8-24)27-19(20)26/h2-6,9-11,17,24H,7-8H2,1H3,(H2,20,26)(H,22,25)/t17-/m0/s1. The third kappa shape index (κ3) is 4.24. The molecule has 3 rings (SSSR count). The third-order valence-electron chi connectivity index (χ3n) is 4.03. The van der Waals surface area contributed by atoms with Crippen molar-refractivity contribution in [2.24, 2.45) is 5.73 Å². The molecule has 1 atom stereocenters. The predicted octanol–water partition coefficient (Wildman–Crippen LogP) is 2.12. The Balaban J connectivity index is 1.88. The van der Waals surface area contributed by atoms with Gasteiger partial charge in [0.25, 0.3) is 5.91 Å². The molecular weight excluding hydrogens is 348 g/mol. The lowest BCUT2D eigenvalue weighted by atomic mass is 10.2. The average molecular weight is 368 g/mol. The lowest BCUT2D eigenvalue weighted by Crippen LogP contribution is -2.35. The molecule has 3 aromatic rings.